The van der Waals surface area contributed by atoms with E-state index in [0.717, 1.165) is 16.3 Å². The van der Waals surface area contributed by atoms with E-state index in [0.29, 0.717) is 6.42 Å². The number of hydrogen-bond donors (Lipinski definition) is 1. The van der Waals surface area contributed by atoms with Gasteiger partial charge in [0.25, 0.3) is 0 Å². The summed E-state index contributed by atoms with van der Waals surface area (Å²) in [5, 5.41) is 4.59. The van der Waals surface area contributed by atoms with Gasteiger partial charge in [-0.3, -0.25) is 4.79 Å². The van der Waals surface area contributed by atoms with Gasteiger partial charge in [-0.2, -0.15) is 0 Å². The summed E-state index contributed by atoms with van der Waals surface area (Å²) in [4.78, 5) is 36.1. The first-order chi connectivity index (χ1) is 12.6. The number of carbonyl (C=O) groups is 3. The van der Waals surface area contributed by atoms with Crippen LogP contribution in [0.4, 0.5) is 0 Å². The number of carbonyl (C=O) groups excluding carboxylic acids is 3. The molecule has 6 nitrogen and oxygen atoms in total. The molecule has 2 rings (SSSR count). The van der Waals surface area contributed by atoms with Crippen molar-refractivity contribution in [3.8, 4) is 0 Å². The number of esters is 2. The molecule has 2 aromatic rings. The number of fused-ring (bicyclic) bond motifs is 1. The van der Waals surface area contributed by atoms with Crippen LogP contribution in [0, 0.1) is 0 Å². The second kappa shape index (κ2) is 9.56. The first kappa shape index (κ1) is 19.4. The van der Waals surface area contributed by atoms with E-state index < -0.39 is 23.9 Å². The van der Waals surface area contributed by atoms with Crippen LogP contribution in [-0.4, -0.2) is 37.1 Å². The van der Waals surface area contributed by atoms with Crippen LogP contribution in [0.15, 0.2) is 42.5 Å². The number of benzene rings is 2. The van der Waals surface area contributed by atoms with Crippen LogP contribution in [0.2, 0.25) is 0 Å². The lowest BCUT2D eigenvalue weighted by molar-refractivity contribution is -0.159. The molecule has 0 spiro atoms. The fraction of sp³-hybridized carbons (Fsp3) is 0.350. The molecular weight excluding hydrogens is 334 g/mol. The molecule has 0 bridgehead atoms. The molecule has 0 heterocycles. The van der Waals surface area contributed by atoms with Crippen molar-refractivity contribution in [3.63, 3.8) is 0 Å². The van der Waals surface area contributed by atoms with Crippen molar-refractivity contribution in [1.29, 1.82) is 0 Å². The molecule has 0 unspecified atom stereocenters. The van der Waals surface area contributed by atoms with Gasteiger partial charge >= 0.3 is 11.9 Å². The van der Waals surface area contributed by atoms with Gasteiger partial charge in [0.05, 0.1) is 13.2 Å². The first-order valence-electron chi connectivity index (χ1n) is 8.66. The van der Waals surface area contributed by atoms with Gasteiger partial charge in [-0.05, 0) is 36.6 Å². The molecule has 1 N–H and O–H groups in total. The maximum Gasteiger partial charge on any atom is 0.340 e. The highest BCUT2D eigenvalue weighted by Gasteiger charge is 2.31. The first-order valence-corrected chi connectivity index (χ1v) is 8.66. The van der Waals surface area contributed by atoms with Crippen LogP contribution in [0.1, 0.15) is 25.8 Å². The zero-order chi connectivity index (χ0) is 18.9. The number of amides is 1. The number of rotatable bonds is 8. The van der Waals surface area contributed by atoms with E-state index in [1.54, 1.807) is 13.8 Å². The monoisotopic (exact) mass is 357 g/mol. The minimum Gasteiger partial charge on any atom is -0.464 e. The summed E-state index contributed by atoms with van der Waals surface area (Å²) in [5.41, 5.74) is 1.03. The molecule has 6 heteroatoms. The fourth-order valence-electron chi connectivity index (χ4n) is 2.66. The molecule has 0 atom stereocenters. The Morgan fingerprint density at radius 1 is 0.923 bits per heavy atom. The molecule has 2 aromatic carbocycles. The lowest BCUT2D eigenvalue weighted by atomic mass is 10.0. The molecule has 0 saturated heterocycles. The Balaban J connectivity index is 2.03. The zero-order valence-electron chi connectivity index (χ0n) is 15.0. The van der Waals surface area contributed by atoms with Gasteiger partial charge in [-0.25, -0.2) is 9.59 Å². The molecule has 0 aromatic heterocycles. The van der Waals surface area contributed by atoms with Crippen LogP contribution < -0.4 is 5.32 Å². The van der Waals surface area contributed by atoms with Gasteiger partial charge in [-0.1, -0.05) is 42.5 Å². The Hall–Kier alpha value is -2.89. The fourth-order valence-corrected chi connectivity index (χ4v) is 2.66. The lowest BCUT2D eigenvalue weighted by Crippen LogP contribution is -2.48. The molecule has 0 aliphatic carbocycles. The Morgan fingerprint density at radius 2 is 1.54 bits per heavy atom. The molecule has 1 amide bonds. The third-order valence-electron chi connectivity index (χ3n) is 3.85. The summed E-state index contributed by atoms with van der Waals surface area (Å²) in [7, 11) is 0. The van der Waals surface area contributed by atoms with Crippen molar-refractivity contribution in [2.75, 3.05) is 13.2 Å². The second-order valence-corrected chi connectivity index (χ2v) is 5.64. The van der Waals surface area contributed by atoms with E-state index in [9.17, 15) is 14.4 Å². The molecule has 0 aliphatic heterocycles. The SMILES string of the molecule is CCOC(=O)C(NC(=O)CCc1cccc2ccccc12)C(=O)OCC. The standard InChI is InChI=1S/C20H23NO5/c1-3-25-19(23)18(20(24)26-4-2)21-17(22)13-12-15-10-7-9-14-8-5-6-11-16(14)15/h5-11,18H,3-4,12-13H2,1-2H3,(H,21,22). The van der Waals surface area contributed by atoms with Crippen molar-refractivity contribution in [2.24, 2.45) is 0 Å². The predicted molar refractivity (Wildman–Crippen MR) is 97.5 cm³/mol. The smallest absolute Gasteiger partial charge is 0.340 e. The third-order valence-corrected chi connectivity index (χ3v) is 3.85. The Bertz CT molecular complexity index is 763. The minimum atomic E-state index is -1.44. The molecule has 138 valence electrons. The van der Waals surface area contributed by atoms with E-state index in [1.807, 2.05) is 42.5 Å². The quantitative estimate of drug-likeness (QED) is 0.579. The summed E-state index contributed by atoms with van der Waals surface area (Å²) in [6, 6.07) is 12.4. The highest BCUT2D eigenvalue weighted by atomic mass is 16.6. The van der Waals surface area contributed by atoms with E-state index in [-0.39, 0.29) is 19.6 Å². The number of hydrogen-bond acceptors (Lipinski definition) is 5. The number of ether oxygens (including phenoxy) is 2. The summed E-state index contributed by atoms with van der Waals surface area (Å²) < 4.78 is 9.68. The van der Waals surface area contributed by atoms with Crippen LogP contribution >= 0.6 is 0 Å². The highest BCUT2D eigenvalue weighted by molar-refractivity contribution is 6.02. The molecular formula is C20H23NO5. The lowest BCUT2D eigenvalue weighted by Gasteiger charge is -2.16. The molecule has 0 saturated carbocycles. The molecule has 0 aliphatic rings. The van der Waals surface area contributed by atoms with E-state index >= 15 is 0 Å². The minimum absolute atomic E-state index is 0.112. The van der Waals surface area contributed by atoms with Crippen molar-refractivity contribution < 1.29 is 23.9 Å². The maximum atomic E-state index is 12.3. The van der Waals surface area contributed by atoms with Gasteiger partial charge < -0.3 is 14.8 Å². The van der Waals surface area contributed by atoms with Crippen molar-refractivity contribution in [1.82, 2.24) is 5.32 Å². The Labute approximate surface area is 152 Å². The highest BCUT2D eigenvalue weighted by Crippen LogP contribution is 2.19. The van der Waals surface area contributed by atoms with Gasteiger partial charge in [0.15, 0.2) is 0 Å². The predicted octanol–water partition coefficient (Wildman–Crippen LogP) is 2.38. The summed E-state index contributed by atoms with van der Waals surface area (Å²) in [6.45, 7) is 3.48. The zero-order valence-corrected chi connectivity index (χ0v) is 15.0. The van der Waals surface area contributed by atoms with Crippen LogP contribution in [-0.2, 0) is 30.3 Å². The average Bonchev–Trinajstić information content (AvgIpc) is 2.64. The second-order valence-electron chi connectivity index (χ2n) is 5.64. The van der Waals surface area contributed by atoms with E-state index in [1.165, 1.54) is 0 Å². The van der Waals surface area contributed by atoms with E-state index in [2.05, 4.69) is 5.32 Å². The van der Waals surface area contributed by atoms with Gasteiger partial charge in [0.1, 0.15) is 0 Å². The van der Waals surface area contributed by atoms with Crippen LogP contribution in [0.3, 0.4) is 0 Å². The van der Waals surface area contributed by atoms with Crippen molar-refractivity contribution in [3.05, 3.63) is 48.0 Å². The Kier molecular flexibility index (Phi) is 7.14. The number of aryl methyl sites for hydroxylation is 1. The molecule has 0 radical (unpaired) electrons. The average molecular weight is 357 g/mol. The van der Waals surface area contributed by atoms with Gasteiger partial charge in [-0.15, -0.1) is 0 Å². The summed E-state index contributed by atoms with van der Waals surface area (Å²) in [5.74, 6) is -2.04. The van der Waals surface area contributed by atoms with Gasteiger partial charge in [0, 0.05) is 6.42 Å². The van der Waals surface area contributed by atoms with Crippen LogP contribution in [0.25, 0.3) is 10.8 Å². The van der Waals surface area contributed by atoms with Crippen molar-refractivity contribution in [2.45, 2.75) is 32.7 Å². The van der Waals surface area contributed by atoms with Crippen molar-refractivity contribution >= 4 is 28.6 Å². The van der Waals surface area contributed by atoms with E-state index in [4.69, 9.17) is 9.47 Å². The molecule has 26 heavy (non-hydrogen) atoms. The number of nitrogens with one attached hydrogen (secondary N) is 1. The Morgan fingerprint density at radius 3 is 2.19 bits per heavy atom. The van der Waals surface area contributed by atoms with Crippen LogP contribution in [0.5, 0.6) is 0 Å². The normalized spacial score (nSPS) is 10.6. The topological polar surface area (TPSA) is 81.7 Å². The molecule has 0 fully saturated rings. The summed E-state index contributed by atoms with van der Waals surface area (Å²) >= 11 is 0. The third kappa shape index (κ3) is 5.05. The summed E-state index contributed by atoms with van der Waals surface area (Å²) in [6.07, 6.45) is 0.634. The maximum absolute atomic E-state index is 12.3. The largest absolute Gasteiger partial charge is 0.464 e. The van der Waals surface area contributed by atoms with Gasteiger partial charge in [0.2, 0.25) is 11.9 Å².